The van der Waals surface area contributed by atoms with E-state index in [1.165, 1.54) is 29.2 Å². The second-order valence-corrected chi connectivity index (χ2v) is 14.1. The molecule has 0 radical (unpaired) electrons. The number of carbonyl (C=O) groups excluding carboxylic acids is 2. The first-order valence-electron chi connectivity index (χ1n) is 15.4. The molecule has 9 heteroatoms. The maximum absolute atomic E-state index is 14.6. The summed E-state index contributed by atoms with van der Waals surface area (Å²) in [6.45, 7) is 9.32. The van der Waals surface area contributed by atoms with Crippen LogP contribution in [0.3, 0.4) is 0 Å². The summed E-state index contributed by atoms with van der Waals surface area (Å²) in [5.74, 6) is -0.798. The van der Waals surface area contributed by atoms with Crippen LogP contribution in [0.4, 0.5) is 5.69 Å². The third-order valence-electron chi connectivity index (χ3n) is 8.20. The van der Waals surface area contributed by atoms with E-state index in [-0.39, 0.29) is 29.8 Å². The Morgan fingerprint density at radius 2 is 1.48 bits per heavy atom. The van der Waals surface area contributed by atoms with E-state index in [9.17, 15) is 18.0 Å². The van der Waals surface area contributed by atoms with Crippen molar-refractivity contribution in [3.8, 4) is 0 Å². The third kappa shape index (κ3) is 8.77. The fourth-order valence-electron chi connectivity index (χ4n) is 5.03. The molecule has 4 rings (SSSR count). The Morgan fingerprint density at radius 1 is 0.826 bits per heavy atom. The molecule has 0 saturated heterocycles. The molecule has 0 bridgehead atoms. The largest absolute Gasteiger partial charge is 0.352 e. The van der Waals surface area contributed by atoms with Gasteiger partial charge in [-0.15, -0.1) is 0 Å². The average molecular weight is 660 g/mol. The molecule has 4 aromatic carbocycles. The zero-order valence-corrected chi connectivity index (χ0v) is 28.6. The van der Waals surface area contributed by atoms with Gasteiger partial charge in [-0.1, -0.05) is 84.8 Å². The summed E-state index contributed by atoms with van der Waals surface area (Å²) in [7, 11) is -4.21. The van der Waals surface area contributed by atoms with Crippen molar-refractivity contribution in [3.63, 3.8) is 0 Å². The molecule has 2 atom stereocenters. The number of benzene rings is 4. The van der Waals surface area contributed by atoms with Crippen LogP contribution in [0.5, 0.6) is 0 Å². The smallest absolute Gasteiger partial charge is 0.264 e. The van der Waals surface area contributed by atoms with Crippen molar-refractivity contribution in [2.45, 2.75) is 71.0 Å². The molecule has 0 unspecified atom stereocenters. The molecule has 4 aromatic rings. The van der Waals surface area contributed by atoms with Gasteiger partial charge in [0.1, 0.15) is 12.6 Å². The highest BCUT2D eigenvalue weighted by atomic mass is 35.5. The van der Waals surface area contributed by atoms with Crippen LogP contribution in [0.25, 0.3) is 0 Å². The fraction of sp³-hybridized carbons (Fsp3) is 0.297. The van der Waals surface area contributed by atoms with Gasteiger partial charge < -0.3 is 10.2 Å². The number of aryl methyl sites for hydroxylation is 3. The monoisotopic (exact) mass is 659 g/mol. The van der Waals surface area contributed by atoms with Crippen LogP contribution < -0.4 is 9.62 Å². The summed E-state index contributed by atoms with van der Waals surface area (Å²) in [6.07, 6.45) is 0.976. The maximum atomic E-state index is 14.6. The van der Waals surface area contributed by atoms with E-state index in [1.54, 1.807) is 12.1 Å². The Labute approximate surface area is 278 Å². The van der Waals surface area contributed by atoms with Crippen molar-refractivity contribution in [3.05, 3.63) is 130 Å². The van der Waals surface area contributed by atoms with Gasteiger partial charge in [-0.05, 0) is 92.8 Å². The van der Waals surface area contributed by atoms with Crippen molar-refractivity contribution in [1.29, 1.82) is 0 Å². The third-order valence-corrected chi connectivity index (χ3v) is 10.2. The van der Waals surface area contributed by atoms with Crippen LogP contribution in [-0.2, 0) is 32.6 Å². The lowest BCUT2D eigenvalue weighted by atomic mass is 10.0. The normalized spacial score (nSPS) is 12.7. The highest BCUT2D eigenvalue weighted by molar-refractivity contribution is 7.92. The number of hydrogen-bond donors (Lipinski definition) is 1. The van der Waals surface area contributed by atoms with Gasteiger partial charge in [0.25, 0.3) is 10.0 Å². The molecule has 0 aliphatic rings. The SMILES string of the molecule is CC[C@H](C)NC(=O)[C@@H](Cc1ccccc1)N(Cc1ccc(C)cc1)C(=O)CN(c1ccc(C)c(C)c1)S(=O)(=O)c1ccc(Cl)cc1. The van der Waals surface area contributed by atoms with Crippen molar-refractivity contribution in [2.75, 3.05) is 10.8 Å². The van der Waals surface area contributed by atoms with E-state index in [0.717, 1.165) is 38.5 Å². The maximum Gasteiger partial charge on any atom is 0.264 e. The lowest BCUT2D eigenvalue weighted by Gasteiger charge is -2.34. The molecule has 1 N–H and O–H groups in total. The number of anilines is 1. The van der Waals surface area contributed by atoms with E-state index in [1.807, 2.05) is 95.3 Å². The number of halogens is 1. The Kier molecular flexibility index (Phi) is 11.7. The van der Waals surface area contributed by atoms with Crippen LogP contribution in [-0.4, -0.2) is 43.8 Å². The number of sulfonamides is 1. The molecule has 0 heterocycles. The average Bonchev–Trinajstić information content (AvgIpc) is 3.04. The van der Waals surface area contributed by atoms with Crippen LogP contribution >= 0.6 is 11.6 Å². The summed E-state index contributed by atoms with van der Waals surface area (Å²) < 4.78 is 29.5. The molecule has 242 valence electrons. The predicted octanol–water partition coefficient (Wildman–Crippen LogP) is 7.02. The minimum absolute atomic E-state index is 0.00311. The van der Waals surface area contributed by atoms with Gasteiger partial charge in [0.2, 0.25) is 11.8 Å². The number of hydrogen-bond acceptors (Lipinski definition) is 4. The summed E-state index contributed by atoms with van der Waals surface area (Å²) in [5.41, 5.74) is 4.99. The second-order valence-electron chi connectivity index (χ2n) is 11.8. The standard InChI is InChI=1S/C37H42ClN3O4S/c1-6-29(5)39-37(43)35(23-30-10-8-7-9-11-30)40(24-31-15-12-26(2)13-16-31)36(42)25-41(33-19-14-27(3)28(4)22-33)46(44,45)34-20-17-32(38)18-21-34/h7-22,29,35H,6,23-25H2,1-5H3,(H,39,43)/t29-,35+/m0/s1. The number of nitrogens with one attached hydrogen (secondary N) is 1. The molecule has 7 nitrogen and oxygen atoms in total. The van der Waals surface area contributed by atoms with Gasteiger partial charge in [0, 0.05) is 24.0 Å². The molecule has 46 heavy (non-hydrogen) atoms. The molecule has 0 aliphatic carbocycles. The fourth-order valence-corrected chi connectivity index (χ4v) is 6.56. The van der Waals surface area contributed by atoms with Crippen molar-refractivity contribution in [1.82, 2.24) is 10.2 Å². The van der Waals surface area contributed by atoms with Crippen LogP contribution in [0.15, 0.2) is 102 Å². The number of carbonyl (C=O) groups is 2. The van der Waals surface area contributed by atoms with Crippen molar-refractivity contribution >= 4 is 39.1 Å². The first-order valence-corrected chi connectivity index (χ1v) is 17.3. The zero-order valence-electron chi connectivity index (χ0n) is 27.0. The molecule has 0 spiro atoms. The second kappa shape index (κ2) is 15.4. The predicted molar refractivity (Wildman–Crippen MR) is 185 cm³/mol. The highest BCUT2D eigenvalue weighted by Crippen LogP contribution is 2.28. The quantitative estimate of drug-likeness (QED) is 0.167. The minimum Gasteiger partial charge on any atom is -0.352 e. The number of rotatable bonds is 13. The Hall–Kier alpha value is -4.14. The highest BCUT2D eigenvalue weighted by Gasteiger charge is 2.35. The molecule has 2 amide bonds. The number of amides is 2. The minimum atomic E-state index is -4.21. The van der Waals surface area contributed by atoms with Gasteiger partial charge in [0.05, 0.1) is 10.6 Å². The van der Waals surface area contributed by atoms with E-state index >= 15 is 0 Å². The van der Waals surface area contributed by atoms with E-state index in [2.05, 4.69) is 5.32 Å². The van der Waals surface area contributed by atoms with Gasteiger partial charge in [-0.25, -0.2) is 8.42 Å². The van der Waals surface area contributed by atoms with E-state index < -0.39 is 28.5 Å². The van der Waals surface area contributed by atoms with Crippen LogP contribution in [0.2, 0.25) is 5.02 Å². The van der Waals surface area contributed by atoms with Crippen LogP contribution in [0, 0.1) is 20.8 Å². The van der Waals surface area contributed by atoms with Gasteiger partial charge in [0.15, 0.2) is 0 Å². The molecular weight excluding hydrogens is 618 g/mol. The first-order chi connectivity index (χ1) is 21.9. The van der Waals surface area contributed by atoms with Crippen LogP contribution in [0.1, 0.15) is 48.1 Å². The summed E-state index contributed by atoms with van der Waals surface area (Å²) in [5, 5.41) is 3.46. The zero-order chi connectivity index (χ0) is 33.4. The molecule has 0 saturated carbocycles. The molecule has 0 fully saturated rings. The van der Waals surface area contributed by atoms with Gasteiger partial charge in [-0.2, -0.15) is 0 Å². The lowest BCUT2D eigenvalue weighted by molar-refractivity contribution is -0.140. The summed E-state index contributed by atoms with van der Waals surface area (Å²) >= 11 is 6.08. The molecule has 0 aliphatic heterocycles. The lowest BCUT2D eigenvalue weighted by Crippen LogP contribution is -2.54. The van der Waals surface area contributed by atoms with Gasteiger partial charge >= 0.3 is 0 Å². The molecule has 0 aromatic heterocycles. The van der Waals surface area contributed by atoms with Crippen molar-refractivity contribution < 1.29 is 18.0 Å². The Bertz CT molecular complexity index is 1740. The van der Waals surface area contributed by atoms with Crippen molar-refractivity contribution in [2.24, 2.45) is 0 Å². The summed E-state index contributed by atoms with van der Waals surface area (Å²) in [6, 6.07) is 27.4. The molecular formula is C37H42ClN3O4S. The van der Waals surface area contributed by atoms with E-state index in [0.29, 0.717) is 10.7 Å². The van der Waals surface area contributed by atoms with Gasteiger partial charge in [-0.3, -0.25) is 13.9 Å². The number of nitrogens with zero attached hydrogens (tertiary/aromatic N) is 2. The topological polar surface area (TPSA) is 86.8 Å². The first kappa shape index (κ1) is 34.7. The summed E-state index contributed by atoms with van der Waals surface area (Å²) in [4.78, 5) is 30.1. The Balaban J connectivity index is 1.82. The Morgan fingerprint density at radius 3 is 2.09 bits per heavy atom. The van der Waals surface area contributed by atoms with E-state index in [4.69, 9.17) is 11.6 Å².